The van der Waals surface area contributed by atoms with Gasteiger partial charge in [0, 0.05) is 20.1 Å². The van der Waals surface area contributed by atoms with Gasteiger partial charge in [-0.1, -0.05) is 0 Å². The highest BCUT2D eigenvalue weighted by Gasteiger charge is 2.29. The molecule has 1 aliphatic rings. The van der Waals surface area contributed by atoms with Crippen LogP contribution in [0.15, 0.2) is 15.7 Å². The smallest absolute Gasteiger partial charge is 0.252 e. The fraction of sp³-hybridized carbons (Fsp3) is 0.600. The fourth-order valence-electron chi connectivity index (χ4n) is 1.51. The maximum atomic E-state index is 12.1. The van der Waals surface area contributed by atoms with Crippen molar-refractivity contribution in [3.05, 3.63) is 17.0 Å². The molecule has 0 radical (unpaired) electrons. The van der Waals surface area contributed by atoms with E-state index >= 15 is 0 Å². The SMILES string of the molecule is CN(CC1CC1)S(=O)(=O)c1cc(CN)cs1. The lowest BCUT2D eigenvalue weighted by Crippen LogP contribution is -2.28. The Morgan fingerprint density at radius 2 is 2.25 bits per heavy atom. The molecule has 0 unspecified atom stereocenters. The summed E-state index contributed by atoms with van der Waals surface area (Å²) < 4.78 is 26.1. The van der Waals surface area contributed by atoms with Crippen molar-refractivity contribution >= 4 is 21.4 Å². The first kappa shape index (κ1) is 12.0. The summed E-state index contributed by atoms with van der Waals surface area (Å²) in [6.45, 7) is 1.02. The molecule has 1 fully saturated rings. The Morgan fingerprint density at radius 1 is 1.56 bits per heavy atom. The van der Waals surface area contributed by atoms with Gasteiger partial charge in [-0.15, -0.1) is 11.3 Å². The van der Waals surface area contributed by atoms with E-state index in [1.165, 1.54) is 15.6 Å². The zero-order chi connectivity index (χ0) is 11.8. The minimum Gasteiger partial charge on any atom is -0.326 e. The van der Waals surface area contributed by atoms with Crippen molar-refractivity contribution in [2.45, 2.75) is 23.6 Å². The van der Waals surface area contributed by atoms with Gasteiger partial charge in [-0.3, -0.25) is 0 Å². The van der Waals surface area contributed by atoms with Gasteiger partial charge in [0.05, 0.1) is 0 Å². The normalized spacial score (nSPS) is 16.9. The molecule has 1 aromatic heterocycles. The van der Waals surface area contributed by atoms with Crippen molar-refractivity contribution < 1.29 is 8.42 Å². The molecule has 0 atom stereocenters. The molecule has 1 aliphatic carbocycles. The number of sulfonamides is 1. The first-order chi connectivity index (χ1) is 7.54. The van der Waals surface area contributed by atoms with E-state index in [9.17, 15) is 8.42 Å². The van der Waals surface area contributed by atoms with Crippen LogP contribution in [0.2, 0.25) is 0 Å². The van der Waals surface area contributed by atoms with E-state index in [1.54, 1.807) is 18.5 Å². The monoisotopic (exact) mass is 260 g/mol. The molecule has 1 heterocycles. The Bertz CT molecular complexity index is 463. The third-order valence-electron chi connectivity index (χ3n) is 2.74. The van der Waals surface area contributed by atoms with Crippen molar-refractivity contribution in [1.29, 1.82) is 0 Å². The highest BCUT2D eigenvalue weighted by atomic mass is 32.2. The number of hydrogen-bond donors (Lipinski definition) is 1. The summed E-state index contributed by atoms with van der Waals surface area (Å²) in [6, 6.07) is 1.67. The van der Waals surface area contributed by atoms with Crippen LogP contribution in [-0.2, 0) is 16.6 Å². The molecule has 6 heteroatoms. The molecule has 0 amide bonds. The molecule has 4 nitrogen and oxygen atoms in total. The van der Waals surface area contributed by atoms with E-state index in [0.717, 1.165) is 18.4 Å². The van der Waals surface area contributed by atoms with Gasteiger partial charge in [0.25, 0.3) is 10.0 Å². The second-order valence-corrected chi connectivity index (χ2v) is 7.39. The molecule has 0 bridgehead atoms. The van der Waals surface area contributed by atoms with Gasteiger partial charge in [-0.2, -0.15) is 4.31 Å². The Morgan fingerprint density at radius 3 is 2.75 bits per heavy atom. The van der Waals surface area contributed by atoms with Crippen LogP contribution >= 0.6 is 11.3 Å². The topological polar surface area (TPSA) is 63.4 Å². The summed E-state index contributed by atoms with van der Waals surface area (Å²) in [7, 11) is -1.64. The van der Waals surface area contributed by atoms with E-state index in [4.69, 9.17) is 5.73 Å². The third kappa shape index (κ3) is 2.45. The number of nitrogens with two attached hydrogens (primary N) is 1. The minimum atomic E-state index is -3.29. The van der Waals surface area contributed by atoms with Crippen LogP contribution in [0.3, 0.4) is 0 Å². The van der Waals surface area contributed by atoms with Crippen molar-refractivity contribution in [3.63, 3.8) is 0 Å². The lowest BCUT2D eigenvalue weighted by molar-refractivity contribution is 0.454. The first-order valence-corrected chi connectivity index (χ1v) is 7.60. The van der Waals surface area contributed by atoms with Crippen LogP contribution in [0.1, 0.15) is 18.4 Å². The largest absolute Gasteiger partial charge is 0.326 e. The zero-order valence-corrected chi connectivity index (χ0v) is 10.9. The number of rotatable bonds is 5. The van der Waals surface area contributed by atoms with Gasteiger partial charge in [-0.25, -0.2) is 8.42 Å². The molecule has 1 saturated carbocycles. The third-order valence-corrected chi connectivity index (χ3v) is 6.03. The summed E-state index contributed by atoms with van der Waals surface area (Å²) in [5, 5.41) is 1.80. The van der Waals surface area contributed by atoms with Crippen molar-refractivity contribution in [1.82, 2.24) is 4.31 Å². The van der Waals surface area contributed by atoms with Crippen LogP contribution in [0.5, 0.6) is 0 Å². The van der Waals surface area contributed by atoms with Crippen LogP contribution in [0.25, 0.3) is 0 Å². The summed E-state index contributed by atoms with van der Waals surface area (Å²) in [5.74, 6) is 0.564. The van der Waals surface area contributed by atoms with Gasteiger partial charge in [-0.05, 0) is 35.8 Å². The molecule has 1 aromatic rings. The quantitative estimate of drug-likeness (QED) is 0.866. The van der Waals surface area contributed by atoms with Gasteiger partial charge in [0.2, 0.25) is 0 Å². The van der Waals surface area contributed by atoms with E-state index in [1.807, 2.05) is 0 Å². The van der Waals surface area contributed by atoms with Crippen LogP contribution in [0, 0.1) is 5.92 Å². The van der Waals surface area contributed by atoms with E-state index in [-0.39, 0.29) is 0 Å². The number of thiophene rings is 1. The van der Waals surface area contributed by atoms with Gasteiger partial charge in [0.1, 0.15) is 4.21 Å². The first-order valence-electron chi connectivity index (χ1n) is 5.28. The van der Waals surface area contributed by atoms with Gasteiger partial charge >= 0.3 is 0 Å². The molecule has 2 rings (SSSR count). The summed E-state index contributed by atoms with van der Waals surface area (Å²) in [4.78, 5) is 0. The molecule has 0 aliphatic heterocycles. The molecule has 0 saturated heterocycles. The lowest BCUT2D eigenvalue weighted by Gasteiger charge is -2.15. The predicted octanol–water partition coefficient (Wildman–Crippen LogP) is 1.24. The van der Waals surface area contributed by atoms with Crippen molar-refractivity contribution in [2.75, 3.05) is 13.6 Å². The molecular weight excluding hydrogens is 244 g/mol. The summed E-state index contributed by atoms with van der Waals surface area (Å²) in [5.41, 5.74) is 6.35. The maximum absolute atomic E-state index is 12.1. The molecular formula is C10H16N2O2S2. The maximum Gasteiger partial charge on any atom is 0.252 e. The average Bonchev–Trinajstić information content (AvgIpc) is 2.93. The number of nitrogens with zero attached hydrogens (tertiary/aromatic N) is 1. The highest BCUT2D eigenvalue weighted by molar-refractivity contribution is 7.91. The Kier molecular flexibility index (Phi) is 3.34. The van der Waals surface area contributed by atoms with E-state index < -0.39 is 10.0 Å². The van der Waals surface area contributed by atoms with Crippen molar-refractivity contribution in [3.8, 4) is 0 Å². The molecule has 0 spiro atoms. The Hall–Kier alpha value is -0.430. The van der Waals surface area contributed by atoms with Gasteiger partial charge < -0.3 is 5.73 Å². The summed E-state index contributed by atoms with van der Waals surface area (Å²) in [6.07, 6.45) is 2.30. The van der Waals surface area contributed by atoms with Crippen LogP contribution in [-0.4, -0.2) is 26.3 Å². The number of hydrogen-bond acceptors (Lipinski definition) is 4. The van der Waals surface area contributed by atoms with Gasteiger partial charge in [0.15, 0.2) is 0 Å². The Labute approximate surface area is 100 Å². The van der Waals surface area contributed by atoms with Crippen LogP contribution < -0.4 is 5.73 Å². The highest BCUT2D eigenvalue weighted by Crippen LogP contribution is 2.31. The molecule has 2 N–H and O–H groups in total. The lowest BCUT2D eigenvalue weighted by atomic mass is 10.4. The zero-order valence-electron chi connectivity index (χ0n) is 9.22. The molecule has 90 valence electrons. The summed E-state index contributed by atoms with van der Waals surface area (Å²) >= 11 is 1.25. The van der Waals surface area contributed by atoms with Crippen LogP contribution in [0.4, 0.5) is 0 Å². The molecule has 16 heavy (non-hydrogen) atoms. The van der Waals surface area contributed by atoms with E-state index in [2.05, 4.69) is 0 Å². The fourth-order valence-corrected chi connectivity index (χ4v) is 4.19. The second-order valence-electron chi connectivity index (χ2n) is 4.21. The predicted molar refractivity (Wildman–Crippen MR) is 64.8 cm³/mol. The minimum absolute atomic E-state index is 0.387. The molecule has 0 aromatic carbocycles. The standard InChI is InChI=1S/C10H16N2O2S2/c1-12(6-8-2-3-8)16(13,14)10-4-9(5-11)7-15-10/h4,7-8H,2-3,5-6,11H2,1H3. The Balaban J connectivity index is 2.16. The van der Waals surface area contributed by atoms with Crippen molar-refractivity contribution in [2.24, 2.45) is 11.7 Å². The second kappa shape index (κ2) is 4.44. The average molecular weight is 260 g/mol. The van der Waals surface area contributed by atoms with E-state index in [0.29, 0.717) is 23.2 Å².